The van der Waals surface area contributed by atoms with E-state index >= 15 is 4.39 Å². The summed E-state index contributed by atoms with van der Waals surface area (Å²) in [4.78, 5) is 16.2. The molecule has 7 nitrogen and oxygen atoms in total. The van der Waals surface area contributed by atoms with Crippen LogP contribution in [0.5, 0.6) is 5.75 Å². The van der Waals surface area contributed by atoms with Gasteiger partial charge in [-0.05, 0) is 57.9 Å². The van der Waals surface area contributed by atoms with Gasteiger partial charge in [-0.2, -0.15) is 0 Å². The number of hydrogen-bond acceptors (Lipinski definition) is 6. The molecule has 0 aliphatic carbocycles. The number of carbonyl (C=O) groups excluding carboxylic acids is 1. The lowest BCUT2D eigenvalue weighted by molar-refractivity contribution is -0.126. The van der Waals surface area contributed by atoms with E-state index in [9.17, 15) is 4.79 Å². The van der Waals surface area contributed by atoms with Crippen LogP contribution in [0.2, 0.25) is 10.1 Å². The van der Waals surface area contributed by atoms with Crippen molar-refractivity contribution in [3.05, 3.63) is 145 Å². The molecular weight excluding hydrogens is 701 g/mol. The van der Waals surface area contributed by atoms with E-state index in [1.54, 1.807) is 11.0 Å². The summed E-state index contributed by atoms with van der Waals surface area (Å²) in [6.45, 7) is 12.3. The van der Waals surface area contributed by atoms with E-state index in [2.05, 4.69) is 72.0 Å². The minimum absolute atomic E-state index is 0.100. The molecule has 0 atom stereocenters. The number of carbonyl (C=O) groups is 1. The molecule has 1 amide bonds. The van der Waals surface area contributed by atoms with Crippen molar-refractivity contribution in [3.8, 4) is 16.9 Å². The fraction of sp³-hybridized carbons (Fsp3) is 0.186. The molecule has 2 heterocycles. The lowest BCUT2D eigenvalue weighted by Gasteiger charge is -2.43. The predicted molar refractivity (Wildman–Crippen MR) is 217 cm³/mol. The van der Waals surface area contributed by atoms with Gasteiger partial charge < -0.3 is 19.5 Å². The Morgan fingerprint density at radius 2 is 1.43 bits per heavy atom. The van der Waals surface area contributed by atoms with Crippen LogP contribution in [0.25, 0.3) is 21.9 Å². The smallest absolute Gasteiger partial charge is 0.319 e. The number of hydrogen-bond donors (Lipinski definition) is 1. The van der Waals surface area contributed by atoms with Gasteiger partial charge in [0.15, 0.2) is 11.6 Å². The maximum atomic E-state index is 16.5. The molecule has 5 aromatic carbocycles. The van der Waals surface area contributed by atoms with Crippen LogP contribution in [0.1, 0.15) is 20.8 Å². The van der Waals surface area contributed by atoms with Crippen LogP contribution < -0.4 is 25.0 Å². The third kappa shape index (κ3) is 6.90. The first-order valence-corrected chi connectivity index (χ1v) is 20.0. The summed E-state index contributed by atoms with van der Waals surface area (Å²) in [5.41, 5.74) is 1.57. The molecule has 53 heavy (non-hydrogen) atoms. The van der Waals surface area contributed by atoms with Gasteiger partial charge in [-0.1, -0.05) is 124 Å². The maximum absolute atomic E-state index is 16.5. The quantitative estimate of drug-likeness (QED) is 0.118. The molecule has 0 spiro atoms. The Bertz CT molecular complexity index is 2220. The van der Waals surface area contributed by atoms with Crippen LogP contribution in [0.4, 0.5) is 21.7 Å². The Labute approximate surface area is 315 Å². The second-order valence-corrected chi connectivity index (χ2v) is 18.8. The molecule has 1 saturated heterocycles. The fourth-order valence-electron chi connectivity index (χ4n) is 7.27. The van der Waals surface area contributed by atoms with Crippen molar-refractivity contribution >= 4 is 64.3 Å². The first-order chi connectivity index (χ1) is 25.6. The molecule has 0 unspecified atom stereocenters. The number of fused-ring (bicyclic) bond motifs is 1. The number of para-hydroxylation sites is 1. The normalized spacial score (nSPS) is 13.5. The highest BCUT2D eigenvalue weighted by atomic mass is 35.5. The Morgan fingerprint density at radius 1 is 0.830 bits per heavy atom. The van der Waals surface area contributed by atoms with Gasteiger partial charge in [0.25, 0.3) is 0 Å². The number of anilines is 3. The number of piperazine rings is 1. The van der Waals surface area contributed by atoms with E-state index < -0.39 is 14.1 Å². The Kier molecular flexibility index (Phi) is 10.0. The molecular formula is C43H41ClFN5O2Si. The molecule has 1 N–H and O–H groups in total. The average molecular weight is 742 g/mol. The van der Waals surface area contributed by atoms with E-state index in [0.29, 0.717) is 59.5 Å². The van der Waals surface area contributed by atoms with Crippen LogP contribution in [0, 0.1) is 5.82 Å². The van der Waals surface area contributed by atoms with Crippen molar-refractivity contribution in [2.45, 2.75) is 25.8 Å². The summed E-state index contributed by atoms with van der Waals surface area (Å²) in [5, 5.41) is 16.4. The van der Waals surface area contributed by atoms with Crippen LogP contribution >= 0.6 is 11.6 Å². The van der Waals surface area contributed by atoms with Gasteiger partial charge >= 0.3 is 8.32 Å². The van der Waals surface area contributed by atoms with Gasteiger partial charge in [-0.25, -0.2) is 4.39 Å². The highest BCUT2D eigenvalue weighted by molar-refractivity contribution is 7.00. The molecule has 1 aliphatic rings. The fourth-order valence-corrected chi connectivity index (χ4v) is 12.0. The van der Waals surface area contributed by atoms with Crippen molar-refractivity contribution in [1.82, 2.24) is 15.1 Å². The van der Waals surface area contributed by atoms with Gasteiger partial charge in [0, 0.05) is 53.2 Å². The molecule has 10 heteroatoms. The van der Waals surface area contributed by atoms with E-state index in [1.807, 2.05) is 84.9 Å². The van der Waals surface area contributed by atoms with Gasteiger partial charge in [0.05, 0.1) is 5.56 Å². The summed E-state index contributed by atoms with van der Waals surface area (Å²) in [6, 6.07) is 38.9. The summed E-state index contributed by atoms with van der Waals surface area (Å²) in [7, 11) is -3.14. The number of rotatable bonds is 9. The first-order valence-electron chi connectivity index (χ1n) is 17.7. The number of amides is 1. The molecule has 1 aliphatic heterocycles. The average Bonchev–Trinajstić information content (AvgIpc) is 3.17. The molecule has 268 valence electrons. The Balaban J connectivity index is 1.41. The lowest BCUT2D eigenvalue weighted by atomic mass is 10.00. The zero-order valence-electron chi connectivity index (χ0n) is 30.0. The van der Waals surface area contributed by atoms with Crippen molar-refractivity contribution in [1.29, 1.82) is 0 Å². The second kappa shape index (κ2) is 14.8. The predicted octanol–water partition coefficient (Wildman–Crippen LogP) is 8.61. The minimum Gasteiger partial charge on any atom is -0.533 e. The van der Waals surface area contributed by atoms with Crippen LogP contribution in [0.3, 0.4) is 0 Å². The van der Waals surface area contributed by atoms with Gasteiger partial charge in [0.2, 0.25) is 5.91 Å². The summed E-state index contributed by atoms with van der Waals surface area (Å²) in [6.07, 6.45) is 1.34. The number of nitrogens with one attached hydrogen (secondary N) is 1. The number of aromatic nitrogens is 2. The van der Waals surface area contributed by atoms with Crippen LogP contribution in [-0.2, 0) is 4.79 Å². The SMILES string of the molecule is C=CC(=O)N1CCN(c2nnc(Nc3ccccc3)c3cc(-c4c(F)cccc4O[Si](c4ccccc4)(c4ccccc4)C(C)(C)C)c(Cl)cc23)CC1. The summed E-state index contributed by atoms with van der Waals surface area (Å²) >= 11 is 7.22. The number of halogens is 2. The highest BCUT2D eigenvalue weighted by Gasteiger charge is 2.52. The van der Waals surface area contributed by atoms with E-state index in [0.717, 1.165) is 21.4 Å². The van der Waals surface area contributed by atoms with Gasteiger partial charge in [0.1, 0.15) is 11.6 Å². The van der Waals surface area contributed by atoms with Crippen molar-refractivity contribution in [2.75, 3.05) is 36.4 Å². The van der Waals surface area contributed by atoms with Crippen molar-refractivity contribution in [3.63, 3.8) is 0 Å². The topological polar surface area (TPSA) is 70.6 Å². The molecule has 0 saturated carbocycles. The third-order valence-electron chi connectivity index (χ3n) is 9.87. The van der Waals surface area contributed by atoms with Crippen molar-refractivity contribution < 1.29 is 13.6 Å². The third-order valence-corrected chi connectivity index (χ3v) is 15.1. The molecule has 6 aromatic rings. The van der Waals surface area contributed by atoms with E-state index in [4.69, 9.17) is 16.0 Å². The monoisotopic (exact) mass is 741 g/mol. The molecule has 0 radical (unpaired) electrons. The number of benzene rings is 5. The first kappa shape index (κ1) is 35.9. The van der Waals surface area contributed by atoms with Gasteiger partial charge in [-0.15, -0.1) is 10.2 Å². The van der Waals surface area contributed by atoms with Gasteiger partial charge in [-0.3, -0.25) is 4.79 Å². The van der Waals surface area contributed by atoms with E-state index in [1.165, 1.54) is 12.1 Å². The molecule has 7 rings (SSSR count). The van der Waals surface area contributed by atoms with Crippen LogP contribution in [0.15, 0.2) is 134 Å². The highest BCUT2D eigenvalue weighted by Crippen LogP contribution is 2.45. The van der Waals surface area contributed by atoms with E-state index in [-0.39, 0.29) is 16.5 Å². The zero-order valence-corrected chi connectivity index (χ0v) is 31.8. The summed E-state index contributed by atoms with van der Waals surface area (Å²) < 4.78 is 23.9. The Morgan fingerprint density at radius 3 is 2.02 bits per heavy atom. The summed E-state index contributed by atoms with van der Waals surface area (Å²) in [5.74, 6) is 0.985. The number of nitrogens with zero attached hydrogens (tertiary/aromatic N) is 4. The minimum atomic E-state index is -3.14. The molecule has 1 aromatic heterocycles. The lowest BCUT2D eigenvalue weighted by Crippen LogP contribution is -2.68. The standard InChI is InChI=1S/C43H41ClFN5O2Si/c1-5-39(51)49-24-26-50(27-25-49)42-34-29-36(44)35(28-33(34)41(47-48-42)46-30-16-9-6-10-17-30)40-37(45)22-15-23-38(40)52-53(43(2,3)4,31-18-11-7-12-19-31)32-20-13-8-14-21-32/h5-23,28-29H,1,24-27H2,2-4H3,(H,46,47). The second-order valence-electron chi connectivity index (χ2n) is 14.1. The molecule has 0 bridgehead atoms. The Hall–Kier alpha value is -5.51. The van der Waals surface area contributed by atoms with Crippen molar-refractivity contribution in [2.24, 2.45) is 0 Å². The maximum Gasteiger partial charge on any atom is 0.319 e. The van der Waals surface area contributed by atoms with Crippen LogP contribution in [-0.4, -0.2) is 55.5 Å². The molecule has 1 fully saturated rings. The zero-order chi connectivity index (χ0) is 37.2. The largest absolute Gasteiger partial charge is 0.533 e.